The Bertz CT molecular complexity index is 791. The van der Waals surface area contributed by atoms with Crippen LogP contribution in [-0.4, -0.2) is 42.5 Å². The van der Waals surface area contributed by atoms with Crippen LogP contribution in [0.5, 0.6) is 5.75 Å². The van der Waals surface area contributed by atoms with Gasteiger partial charge in [0.2, 0.25) is 11.8 Å². The summed E-state index contributed by atoms with van der Waals surface area (Å²) in [7, 11) is 0. The Hall–Kier alpha value is -2.04. The van der Waals surface area contributed by atoms with Crippen molar-refractivity contribution in [3.05, 3.63) is 29.8 Å². The molecule has 0 unspecified atom stereocenters. The second-order valence-electron chi connectivity index (χ2n) is 11.1. The van der Waals surface area contributed by atoms with E-state index in [0.29, 0.717) is 18.4 Å². The van der Waals surface area contributed by atoms with E-state index < -0.39 is 0 Å². The normalized spacial score (nSPS) is 31.5. The maximum Gasteiger partial charge on any atom is 0.226 e. The lowest BCUT2D eigenvalue weighted by molar-refractivity contribution is -0.132. The number of benzene rings is 1. The van der Waals surface area contributed by atoms with E-state index in [1.54, 1.807) is 0 Å². The van der Waals surface area contributed by atoms with Gasteiger partial charge < -0.3 is 15.0 Å². The fourth-order valence-corrected chi connectivity index (χ4v) is 7.56. The van der Waals surface area contributed by atoms with Gasteiger partial charge in [-0.2, -0.15) is 0 Å². The third kappa shape index (κ3) is 4.82. The molecule has 2 amide bonds. The summed E-state index contributed by atoms with van der Waals surface area (Å²) in [6, 6.07) is 8.02. The highest BCUT2D eigenvalue weighted by atomic mass is 16.5. The van der Waals surface area contributed by atoms with Crippen LogP contribution in [0, 0.1) is 23.2 Å². The van der Waals surface area contributed by atoms with Crippen molar-refractivity contribution in [3.8, 4) is 5.75 Å². The van der Waals surface area contributed by atoms with Crippen LogP contribution in [-0.2, 0) is 16.0 Å². The molecule has 1 aromatic carbocycles. The SMILES string of the molecule is CCOc1ccc(CC(=O)N2CCC(NC(=O)CC34CC5CC(CC(C5)C3)C4)CC2)cc1. The van der Waals surface area contributed by atoms with Crippen LogP contribution in [0.15, 0.2) is 24.3 Å². The Balaban J connectivity index is 1.06. The van der Waals surface area contributed by atoms with E-state index in [1.165, 1.54) is 38.5 Å². The molecule has 1 aromatic rings. The number of hydrogen-bond donors (Lipinski definition) is 1. The number of piperidine rings is 1. The number of carbonyl (C=O) groups is 2. The van der Waals surface area contributed by atoms with Crippen molar-refractivity contribution in [2.75, 3.05) is 19.7 Å². The van der Waals surface area contributed by atoms with Gasteiger partial charge in [0.1, 0.15) is 5.75 Å². The summed E-state index contributed by atoms with van der Waals surface area (Å²) < 4.78 is 5.47. The van der Waals surface area contributed by atoms with E-state index in [1.807, 2.05) is 36.1 Å². The van der Waals surface area contributed by atoms with Gasteiger partial charge in [0.25, 0.3) is 0 Å². The zero-order valence-corrected chi connectivity index (χ0v) is 19.5. The number of nitrogens with zero attached hydrogens (tertiary/aromatic N) is 1. The lowest BCUT2D eigenvalue weighted by atomic mass is 9.49. The lowest BCUT2D eigenvalue weighted by Gasteiger charge is -2.56. The lowest BCUT2D eigenvalue weighted by Crippen LogP contribution is -2.50. The Morgan fingerprint density at radius 3 is 2.16 bits per heavy atom. The fraction of sp³-hybridized carbons (Fsp3) is 0.704. The summed E-state index contributed by atoms with van der Waals surface area (Å²) in [5.74, 6) is 3.93. The van der Waals surface area contributed by atoms with Crippen LogP contribution in [0.25, 0.3) is 0 Å². The zero-order valence-electron chi connectivity index (χ0n) is 19.5. The smallest absolute Gasteiger partial charge is 0.226 e. The maximum atomic E-state index is 12.9. The van der Waals surface area contributed by atoms with Gasteiger partial charge in [0, 0.05) is 25.6 Å². The minimum atomic E-state index is 0.174. The molecule has 5 nitrogen and oxygen atoms in total. The highest BCUT2D eigenvalue weighted by Crippen LogP contribution is 2.61. The molecule has 5 fully saturated rings. The Morgan fingerprint density at radius 2 is 1.59 bits per heavy atom. The monoisotopic (exact) mass is 438 g/mol. The summed E-state index contributed by atoms with van der Waals surface area (Å²) in [5, 5.41) is 3.33. The minimum Gasteiger partial charge on any atom is -0.494 e. The molecule has 0 spiro atoms. The first-order valence-corrected chi connectivity index (χ1v) is 12.8. The number of carbonyl (C=O) groups excluding carboxylic acids is 2. The molecular formula is C27H38N2O3. The van der Waals surface area contributed by atoms with Gasteiger partial charge in [-0.3, -0.25) is 9.59 Å². The van der Waals surface area contributed by atoms with E-state index in [4.69, 9.17) is 4.74 Å². The Morgan fingerprint density at radius 1 is 1.00 bits per heavy atom. The van der Waals surface area contributed by atoms with Crippen molar-refractivity contribution < 1.29 is 14.3 Å². The minimum absolute atomic E-state index is 0.174. The molecule has 6 rings (SSSR count). The number of ether oxygens (including phenoxy) is 1. The molecular weight excluding hydrogens is 400 g/mol. The van der Waals surface area contributed by atoms with Gasteiger partial charge in [-0.1, -0.05) is 12.1 Å². The molecule has 32 heavy (non-hydrogen) atoms. The Kier molecular flexibility index (Phi) is 6.18. The highest BCUT2D eigenvalue weighted by molar-refractivity contribution is 5.79. The standard InChI is InChI=1S/C27H38N2O3/c1-2-32-24-5-3-19(4-6-24)14-26(31)29-9-7-23(8-10-29)28-25(30)18-27-15-20-11-21(16-27)13-22(12-20)17-27/h3-6,20-23H,2,7-18H2,1H3,(H,28,30). The molecule has 1 aliphatic heterocycles. The molecule has 174 valence electrons. The molecule has 5 heteroatoms. The van der Waals surface area contributed by atoms with E-state index in [-0.39, 0.29) is 17.9 Å². The Labute approximate surface area is 192 Å². The van der Waals surface area contributed by atoms with Gasteiger partial charge in [-0.15, -0.1) is 0 Å². The van der Waals surface area contributed by atoms with Gasteiger partial charge in [0.05, 0.1) is 13.0 Å². The van der Waals surface area contributed by atoms with Crippen LogP contribution in [0.4, 0.5) is 0 Å². The van der Waals surface area contributed by atoms with Gasteiger partial charge >= 0.3 is 0 Å². The average molecular weight is 439 g/mol. The van der Waals surface area contributed by atoms with Crippen molar-refractivity contribution in [3.63, 3.8) is 0 Å². The number of amides is 2. The highest BCUT2D eigenvalue weighted by Gasteiger charge is 2.51. The molecule has 4 saturated carbocycles. The summed E-state index contributed by atoms with van der Waals surface area (Å²) in [6.07, 6.45) is 11.0. The van der Waals surface area contributed by atoms with Gasteiger partial charge in [-0.25, -0.2) is 0 Å². The molecule has 4 aliphatic carbocycles. The van der Waals surface area contributed by atoms with Gasteiger partial charge in [-0.05, 0) is 99.2 Å². The maximum absolute atomic E-state index is 12.9. The van der Waals surface area contributed by atoms with Crippen LogP contribution in [0.2, 0.25) is 0 Å². The van der Waals surface area contributed by atoms with Gasteiger partial charge in [0.15, 0.2) is 0 Å². The van der Waals surface area contributed by atoms with Crippen LogP contribution >= 0.6 is 0 Å². The van der Waals surface area contributed by atoms with E-state index in [0.717, 1.165) is 61.4 Å². The van der Waals surface area contributed by atoms with E-state index >= 15 is 0 Å². The van der Waals surface area contributed by atoms with Crippen molar-refractivity contribution >= 4 is 11.8 Å². The van der Waals surface area contributed by atoms with Crippen LogP contribution in [0.3, 0.4) is 0 Å². The van der Waals surface area contributed by atoms with E-state index in [2.05, 4.69) is 5.32 Å². The second kappa shape index (κ2) is 9.07. The number of likely N-dealkylation sites (tertiary alicyclic amines) is 1. The first-order valence-electron chi connectivity index (χ1n) is 12.8. The van der Waals surface area contributed by atoms with Crippen LogP contribution < -0.4 is 10.1 Å². The number of hydrogen-bond acceptors (Lipinski definition) is 3. The number of nitrogens with one attached hydrogen (secondary N) is 1. The largest absolute Gasteiger partial charge is 0.494 e. The zero-order chi connectivity index (χ0) is 22.1. The van der Waals surface area contributed by atoms with Crippen molar-refractivity contribution in [1.82, 2.24) is 10.2 Å². The van der Waals surface area contributed by atoms with Crippen LogP contribution in [0.1, 0.15) is 70.3 Å². The number of rotatable bonds is 7. The summed E-state index contributed by atoms with van der Waals surface area (Å²) in [6.45, 7) is 4.08. The first-order chi connectivity index (χ1) is 15.5. The van der Waals surface area contributed by atoms with Crippen molar-refractivity contribution in [2.45, 2.75) is 77.2 Å². The quantitative estimate of drug-likeness (QED) is 0.689. The predicted molar refractivity (Wildman–Crippen MR) is 124 cm³/mol. The summed E-state index contributed by atoms with van der Waals surface area (Å²) in [4.78, 5) is 27.6. The fourth-order valence-electron chi connectivity index (χ4n) is 7.56. The van der Waals surface area contributed by atoms with E-state index in [9.17, 15) is 9.59 Å². The molecule has 0 aromatic heterocycles. The predicted octanol–water partition coefficient (Wildman–Crippen LogP) is 4.34. The molecule has 1 saturated heterocycles. The third-order valence-electron chi connectivity index (χ3n) is 8.50. The average Bonchev–Trinajstić information content (AvgIpc) is 2.74. The molecule has 1 N–H and O–H groups in total. The second-order valence-corrected chi connectivity index (χ2v) is 11.1. The summed E-state index contributed by atoms with van der Waals surface area (Å²) >= 11 is 0. The van der Waals surface area contributed by atoms with Crippen molar-refractivity contribution in [1.29, 1.82) is 0 Å². The molecule has 1 heterocycles. The third-order valence-corrected chi connectivity index (χ3v) is 8.50. The van der Waals surface area contributed by atoms with Crippen molar-refractivity contribution in [2.24, 2.45) is 23.2 Å². The molecule has 0 atom stereocenters. The first kappa shape index (κ1) is 21.8. The molecule has 0 radical (unpaired) electrons. The summed E-state index contributed by atoms with van der Waals surface area (Å²) in [5.41, 5.74) is 1.32. The molecule has 5 aliphatic rings. The molecule has 4 bridgehead atoms. The topological polar surface area (TPSA) is 58.6 Å².